The zero-order valence-electron chi connectivity index (χ0n) is 9.44. The second kappa shape index (κ2) is 6.40. The maximum atomic E-state index is 9.58. The summed E-state index contributed by atoms with van der Waals surface area (Å²) in [7, 11) is 1.61. The maximum Gasteiger partial charge on any atom is 0.213 e. The zero-order chi connectivity index (χ0) is 11.1. The van der Waals surface area contributed by atoms with E-state index < -0.39 is 0 Å². The average molecular weight is 209 g/mol. The average Bonchev–Trinajstić information content (AvgIpc) is 2.27. The first-order chi connectivity index (χ1) is 7.26. The molecule has 1 aromatic heterocycles. The summed E-state index contributed by atoms with van der Waals surface area (Å²) in [5, 5.41) is 9.58. The Morgan fingerprint density at radius 1 is 1.40 bits per heavy atom. The molecule has 1 heterocycles. The van der Waals surface area contributed by atoms with Gasteiger partial charge < -0.3 is 9.84 Å². The SMILES string of the molecule is CCCC(O)CCc1cccc(OC)n1. The highest BCUT2D eigenvalue weighted by Crippen LogP contribution is 2.10. The predicted octanol–water partition coefficient (Wildman–Crippen LogP) is 2.18. The molecule has 0 fully saturated rings. The van der Waals surface area contributed by atoms with E-state index in [-0.39, 0.29) is 6.10 Å². The van der Waals surface area contributed by atoms with Gasteiger partial charge in [0, 0.05) is 11.8 Å². The largest absolute Gasteiger partial charge is 0.481 e. The third-order valence-corrected chi connectivity index (χ3v) is 2.35. The van der Waals surface area contributed by atoms with Gasteiger partial charge >= 0.3 is 0 Å². The third kappa shape index (κ3) is 4.30. The lowest BCUT2D eigenvalue weighted by molar-refractivity contribution is 0.153. The summed E-state index contributed by atoms with van der Waals surface area (Å²) in [6.07, 6.45) is 3.26. The van der Waals surface area contributed by atoms with Crippen molar-refractivity contribution in [1.82, 2.24) is 4.98 Å². The van der Waals surface area contributed by atoms with Crippen LogP contribution in [0.25, 0.3) is 0 Å². The summed E-state index contributed by atoms with van der Waals surface area (Å²) in [6.45, 7) is 2.08. The fourth-order valence-corrected chi connectivity index (χ4v) is 1.50. The van der Waals surface area contributed by atoms with Crippen molar-refractivity contribution in [2.45, 2.75) is 38.7 Å². The number of aliphatic hydroxyl groups is 1. The van der Waals surface area contributed by atoms with Crippen molar-refractivity contribution in [3.63, 3.8) is 0 Å². The van der Waals surface area contributed by atoms with Crippen molar-refractivity contribution in [3.8, 4) is 5.88 Å². The van der Waals surface area contributed by atoms with Crippen molar-refractivity contribution >= 4 is 0 Å². The number of aliphatic hydroxyl groups excluding tert-OH is 1. The molecule has 1 N–H and O–H groups in total. The lowest BCUT2D eigenvalue weighted by Gasteiger charge is -2.08. The van der Waals surface area contributed by atoms with E-state index >= 15 is 0 Å². The number of nitrogens with zero attached hydrogens (tertiary/aromatic N) is 1. The summed E-state index contributed by atoms with van der Waals surface area (Å²) in [6, 6.07) is 5.71. The summed E-state index contributed by atoms with van der Waals surface area (Å²) < 4.78 is 5.04. The number of pyridine rings is 1. The monoisotopic (exact) mass is 209 g/mol. The molecule has 0 aliphatic carbocycles. The molecule has 0 aliphatic heterocycles. The predicted molar refractivity (Wildman–Crippen MR) is 60.0 cm³/mol. The Morgan fingerprint density at radius 2 is 2.20 bits per heavy atom. The highest BCUT2D eigenvalue weighted by Gasteiger charge is 2.04. The molecule has 84 valence electrons. The molecule has 3 nitrogen and oxygen atoms in total. The molecule has 0 saturated carbocycles. The molecule has 0 bridgehead atoms. The van der Waals surface area contributed by atoms with Crippen molar-refractivity contribution in [1.29, 1.82) is 0 Å². The van der Waals surface area contributed by atoms with E-state index in [9.17, 15) is 5.11 Å². The van der Waals surface area contributed by atoms with Gasteiger partial charge in [-0.2, -0.15) is 0 Å². The Kier molecular flexibility index (Phi) is 5.12. The van der Waals surface area contributed by atoms with E-state index in [4.69, 9.17) is 4.74 Å². The van der Waals surface area contributed by atoms with Crippen LogP contribution in [-0.4, -0.2) is 23.3 Å². The minimum absolute atomic E-state index is 0.206. The first-order valence-corrected chi connectivity index (χ1v) is 5.44. The Hall–Kier alpha value is -1.09. The second-order valence-corrected chi connectivity index (χ2v) is 3.65. The van der Waals surface area contributed by atoms with Crippen LogP contribution in [-0.2, 0) is 6.42 Å². The summed E-state index contributed by atoms with van der Waals surface area (Å²) >= 11 is 0. The molecule has 3 heteroatoms. The van der Waals surface area contributed by atoms with Gasteiger partial charge in [0.05, 0.1) is 13.2 Å². The molecule has 0 saturated heterocycles. The number of methoxy groups -OCH3 is 1. The van der Waals surface area contributed by atoms with E-state index in [1.807, 2.05) is 18.2 Å². The number of hydrogen-bond donors (Lipinski definition) is 1. The number of ether oxygens (including phenoxy) is 1. The van der Waals surface area contributed by atoms with Crippen molar-refractivity contribution in [2.75, 3.05) is 7.11 Å². The van der Waals surface area contributed by atoms with Gasteiger partial charge in [-0.15, -0.1) is 0 Å². The van der Waals surface area contributed by atoms with E-state index in [1.54, 1.807) is 7.11 Å². The Bertz CT molecular complexity index is 289. The molecule has 0 amide bonds. The van der Waals surface area contributed by atoms with E-state index in [2.05, 4.69) is 11.9 Å². The summed E-state index contributed by atoms with van der Waals surface area (Å²) in [5.74, 6) is 0.637. The van der Waals surface area contributed by atoms with Gasteiger partial charge in [-0.3, -0.25) is 0 Å². The van der Waals surface area contributed by atoms with Crippen molar-refractivity contribution in [2.24, 2.45) is 0 Å². The lowest BCUT2D eigenvalue weighted by Crippen LogP contribution is -2.07. The summed E-state index contributed by atoms with van der Waals surface area (Å²) in [5.41, 5.74) is 0.976. The normalized spacial score (nSPS) is 12.5. The van der Waals surface area contributed by atoms with Gasteiger partial charge in [-0.25, -0.2) is 4.98 Å². The molecule has 1 atom stereocenters. The molecule has 0 radical (unpaired) electrons. The highest BCUT2D eigenvalue weighted by molar-refractivity contribution is 5.15. The lowest BCUT2D eigenvalue weighted by atomic mass is 10.1. The van der Waals surface area contributed by atoms with Crippen LogP contribution in [0.3, 0.4) is 0 Å². The van der Waals surface area contributed by atoms with Gasteiger partial charge in [0.15, 0.2) is 0 Å². The van der Waals surface area contributed by atoms with Gasteiger partial charge in [0.1, 0.15) is 0 Å². The topological polar surface area (TPSA) is 42.4 Å². The minimum atomic E-state index is -0.206. The molecular weight excluding hydrogens is 190 g/mol. The van der Waals surface area contributed by atoms with Crippen LogP contribution >= 0.6 is 0 Å². The summed E-state index contributed by atoms with van der Waals surface area (Å²) in [4.78, 5) is 4.29. The number of hydrogen-bond acceptors (Lipinski definition) is 3. The zero-order valence-corrected chi connectivity index (χ0v) is 9.44. The van der Waals surface area contributed by atoms with E-state index in [1.165, 1.54) is 0 Å². The molecule has 0 aliphatic rings. The second-order valence-electron chi connectivity index (χ2n) is 3.65. The van der Waals surface area contributed by atoms with Crippen molar-refractivity contribution < 1.29 is 9.84 Å². The van der Waals surface area contributed by atoms with E-state index in [0.29, 0.717) is 5.88 Å². The Labute approximate surface area is 91.1 Å². The van der Waals surface area contributed by atoms with Crippen LogP contribution in [0.5, 0.6) is 5.88 Å². The molecule has 1 aromatic rings. The number of rotatable bonds is 6. The van der Waals surface area contributed by atoms with Gasteiger partial charge in [-0.05, 0) is 25.3 Å². The molecule has 0 aromatic carbocycles. The van der Waals surface area contributed by atoms with Gasteiger partial charge in [0.25, 0.3) is 0 Å². The van der Waals surface area contributed by atoms with Crippen LogP contribution in [0.4, 0.5) is 0 Å². The van der Waals surface area contributed by atoms with Crippen LogP contribution < -0.4 is 4.74 Å². The third-order valence-electron chi connectivity index (χ3n) is 2.35. The quantitative estimate of drug-likeness (QED) is 0.781. The smallest absolute Gasteiger partial charge is 0.213 e. The van der Waals surface area contributed by atoms with Crippen LogP contribution in [0.2, 0.25) is 0 Å². The van der Waals surface area contributed by atoms with Crippen molar-refractivity contribution in [3.05, 3.63) is 23.9 Å². The molecule has 15 heavy (non-hydrogen) atoms. The first kappa shape index (κ1) is 12.0. The van der Waals surface area contributed by atoms with E-state index in [0.717, 1.165) is 31.4 Å². The van der Waals surface area contributed by atoms with Crippen LogP contribution in [0.15, 0.2) is 18.2 Å². The molecule has 1 rings (SSSR count). The standard InChI is InChI=1S/C12H19NO2/c1-3-5-11(14)9-8-10-6-4-7-12(13-10)15-2/h4,6-7,11,14H,3,5,8-9H2,1-2H3. The molecule has 1 unspecified atom stereocenters. The van der Waals surface area contributed by atoms with Gasteiger partial charge in [-0.1, -0.05) is 19.4 Å². The van der Waals surface area contributed by atoms with Crippen LogP contribution in [0.1, 0.15) is 31.9 Å². The number of aryl methyl sites for hydroxylation is 1. The first-order valence-electron chi connectivity index (χ1n) is 5.44. The molecule has 0 spiro atoms. The maximum absolute atomic E-state index is 9.58. The fraction of sp³-hybridized carbons (Fsp3) is 0.583. The highest BCUT2D eigenvalue weighted by atomic mass is 16.5. The molecular formula is C12H19NO2. The fourth-order valence-electron chi connectivity index (χ4n) is 1.50. The number of aromatic nitrogens is 1. The Morgan fingerprint density at radius 3 is 2.87 bits per heavy atom. The van der Waals surface area contributed by atoms with Gasteiger partial charge in [0.2, 0.25) is 5.88 Å². The Balaban J connectivity index is 2.43. The minimum Gasteiger partial charge on any atom is -0.481 e. The van der Waals surface area contributed by atoms with Crippen LogP contribution in [0, 0.1) is 0 Å².